The summed E-state index contributed by atoms with van der Waals surface area (Å²) in [5, 5.41) is 11.5. The van der Waals surface area contributed by atoms with Crippen molar-refractivity contribution in [1.82, 2.24) is 78.1 Å². The van der Waals surface area contributed by atoms with E-state index in [-0.39, 0.29) is 217 Å². The van der Waals surface area contributed by atoms with Gasteiger partial charge < -0.3 is 121 Å². The van der Waals surface area contributed by atoms with Crippen molar-refractivity contribution in [3.63, 3.8) is 0 Å². The lowest BCUT2D eigenvalue weighted by Crippen LogP contribution is -2.14. The Kier molecular flexibility index (Phi) is 37.0. The van der Waals surface area contributed by atoms with Gasteiger partial charge in [-0.05, 0) is 117 Å². The minimum Gasteiger partial charge on any atom is -0.431 e. The molecule has 4 aliphatic heterocycles. The third-order valence-electron chi connectivity index (χ3n) is 20.6. The van der Waals surface area contributed by atoms with Crippen molar-refractivity contribution in [2.75, 3.05) is 108 Å². The number of ether oxygens (including phenoxy) is 12. The van der Waals surface area contributed by atoms with E-state index in [2.05, 4.69) is 86.1 Å². The van der Waals surface area contributed by atoms with E-state index in [1.165, 1.54) is 31.6 Å². The Morgan fingerprint density at radius 3 is 1.01 bits per heavy atom. The van der Waals surface area contributed by atoms with Gasteiger partial charge in [0.1, 0.15) is 70.4 Å². The van der Waals surface area contributed by atoms with Crippen molar-refractivity contribution in [2.24, 2.45) is 5.92 Å². The van der Waals surface area contributed by atoms with Crippen LogP contribution < -0.4 is 45.2 Å². The summed E-state index contributed by atoms with van der Waals surface area (Å²) in [7, 11) is -15.1. The van der Waals surface area contributed by atoms with Gasteiger partial charge >= 0.3 is 30.4 Å². The van der Waals surface area contributed by atoms with Crippen LogP contribution in [-0.2, 0) is 164 Å². The number of aliphatic hydroxyl groups excluding tert-OH is 1. The number of nitrogens with two attached hydrogens (primary N) is 4. The number of imidazole rings is 4. The molecule has 0 amide bonds. The first-order valence-corrected chi connectivity index (χ1v) is 51.8. The molecular formula is C87H96Cl4N20O29P4. The number of aromatic nitrogens is 16. The van der Waals surface area contributed by atoms with Crippen LogP contribution in [0.1, 0.15) is 54.9 Å². The molecule has 8 aromatic heterocycles. The Balaban J connectivity index is 0.000000152. The number of H-pyrrole nitrogens is 4. The van der Waals surface area contributed by atoms with Crippen molar-refractivity contribution in [2.45, 2.75) is 85.2 Å². The van der Waals surface area contributed by atoms with Gasteiger partial charge in [-0.1, -0.05) is 108 Å². The minimum absolute atomic E-state index is 0.00206. The summed E-state index contributed by atoms with van der Waals surface area (Å²) in [5.41, 5.74) is 25.4. The highest BCUT2D eigenvalue weighted by Crippen LogP contribution is 2.54. The zero-order valence-corrected chi connectivity index (χ0v) is 83.2. The Morgan fingerprint density at radius 1 is 0.396 bits per heavy atom. The number of fused-ring (bicyclic) bond motifs is 4. The van der Waals surface area contributed by atoms with Crippen LogP contribution in [0.3, 0.4) is 0 Å². The molecule has 17 rings (SSSR count). The normalized spacial score (nSPS) is 15.8. The molecule has 13 N–H and O–H groups in total. The molecule has 49 nitrogen and oxygen atoms in total. The molecule has 0 spiro atoms. The SMILES string of the molecule is C=C1OC(C)=C(COP(=O)(COCCn2cnc3c(=O)[nH]c(N)nc32)OCc2cccc(Cl)c2)O1.C=C1OC(CO)=C(COP(=O)(COCCn2cnc3c(=O)[nH]c(N)nc32)OCc2cccc(Cl)c2)O1.C=C1OC(COP(=O)(COCCn2cnc3c(=O)[nH]c(N)nc32)OCc2cccc(Cl)c2)=C(C2CCCC2)O1.C=C1OC=C(COP(=O)(COCCn2cnc3c(=O)[nH]c(N)nc32)OCc2cccc(Cl)c2)O1. The van der Waals surface area contributed by atoms with Gasteiger partial charge in [0.2, 0.25) is 23.8 Å². The van der Waals surface area contributed by atoms with Crippen LogP contribution in [0.25, 0.3) is 44.7 Å². The molecule has 1 saturated carbocycles. The number of nitrogens with one attached hydrogen (secondary N) is 4. The van der Waals surface area contributed by atoms with Crippen LogP contribution in [0.15, 0.2) is 238 Å². The molecule has 144 heavy (non-hydrogen) atoms. The summed E-state index contributed by atoms with van der Waals surface area (Å²) in [6.45, 7) is 16.1. The quantitative estimate of drug-likeness (QED) is 0.0126. The molecule has 0 saturated heterocycles. The molecule has 57 heteroatoms. The number of aliphatic hydroxyl groups is 1. The first-order chi connectivity index (χ1) is 69.1. The average molecular weight is 2150 g/mol. The van der Waals surface area contributed by atoms with Crippen LogP contribution in [0.2, 0.25) is 20.1 Å². The van der Waals surface area contributed by atoms with Gasteiger partial charge in [-0.2, -0.15) is 19.9 Å². The number of hydrogen-bond acceptors (Lipinski definition) is 41. The fourth-order valence-electron chi connectivity index (χ4n) is 13.8. The van der Waals surface area contributed by atoms with Gasteiger partial charge in [0.05, 0.1) is 78.2 Å². The molecule has 5 aliphatic rings. The minimum atomic E-state index is -3.84. The Morgan fingerprint density at radius 2 is 0.694 bits per heavy atom. The summed E-state index contributed by atoms with van der Waals surface area (Å²) >= 11 is 24.1. The van der Waals surface area contributed by atoms with E-state index in [0.717, 1.165) is 31.2 Å². The Labute approximate surface area is 836 Å². The van der Waals surface area contributed by atoms with Gasteiger partial charge in [-0.25, -0.2) is 19.9 Å². The highest BCUT2D eigenvalue weighted by atomic mass is 35.5. The summed E-state index contributed by atoms with van der Waals surface area (Å²) in [6.07, 6.45) is 9.84. The van der Waals surface area contributed by atoms with E-state index in [1.54, 1.807) is 122 Å². The molecule has 4 atom stereocenters. The first-order valence-electron chi connectivity index (χ1n) is 43.3. The predicted molar refractivity (Wildman–Crippen MR) is 522 cm³/mol. The van der Waals surface area contributed by atoms with Gasteiger partial charge in [0.15, 0.2) is 79.2 Å². The number of hydrogen-bond donors (Lipinski definition) is 9. The number of nitrogen functional groups attached to an aromatic ring is 4. The van der Waals surface area contributed by atoms with Gasteiger partial charge in [-0.15, -0.1) is 0 Å². The zero-order valence-electron chi connectivity index (χ0n) is 76.6. The lowest BCUT2D eigenvalue weighted by molar-refractivity contribution is 0.114. The van der Waals surface area contributed by atoms with Crippen molar-refractivity contribution in [3.8, 4) is 0 Å². The standard InChI is InChI=1S/C25H29ClN5O7P.C21H23ClN5O8P.C21H23ClN5O7P.C20H21ClN5O7P/c1-16-37-20(22(38-16)18-6-2-3-7-18)13-36-39(33,35-12-17-5-4-8-19(26)11-17)15-34-10-9-31-14-28-21-23(31)29-25(27)30-24(21)32;1-13-34-16(8-28)17(35-13)10-33-36(30,32-9-14-3-2-4-15(22)7-14)12-31-6-5-27-11-24-18-19(27)25-21(23)26-20(18)29;1-13-17(34-14(2)33-13)10-32-35(29,31-9-15-4-3-5-16(22)8-15)12-30-7-6-27-11-24-18-19(27)25-21(23)26-20(18)28;1-13-30-9-16(33-13)10-32-34(28,31-8-14-3-2-4-15(21)7-14)12-29-6-5-26-11-23-17-18(26)24-20(22)25-19(17)27/h4-5,8,11,14,18H,1-3,6-7,9-10,12-13,15H2,(H3,27,29,30,32);2-4,7,11,28H,1,5-6,8-10,12H2,(H3,23,25,26,29);3-5,8,11H,2,6-7,9-10,12H2,1H3,(H3,23,25,26,28);2-4,7,9,11H,1,5-6,8,10,12H2,(H3,22,24,25,27). The molecule has 1 aliphatic carbocycles. The Bertz CT molecular complexity index is 7320. The second kappa shape index (κ2) is 49.8. The maximum absolute atomic E-state index is 13.8. The zero-order chi connectivity index (χ0) is 102. The third kappa shape index (κ3) is 30.3. The molecular weight excluding hydrogens is 2050 g/mol. The maximum Gasteiger partial charge on any atom is 0.356 e. The smallest absolute Gasteiger partial charge is 0.356 e. The highest BCUT2D eigenvalue weighted by Gasteiger charge is 2.37. The fraction of sp³-hybridized carbons (Fsp3) is 0.310. The van der Waals surface area contributed by atoms with Gasteiger partial charge in [0.25, 0.3) is 46.0 Å². The molecule has 0 bridgehead atoms. The summed E-state index contributed by atoms with van der Waals surface area (Å²) in [6, 6.07) is 27.8. The van der Waals surface area contributed by atoms with Crippen molar-refractivity contribution in [3.05, 3.63) is 303 Å². The number of halogens is 4. The van der Waals surface area contributed by atoms with E-state index in [0.29, 0.717) is 82.4 Å². The van der Waals surface area contributed by atoms with Gasteiger partial charge in [0, 0.05) is 52.2 Å². The maximum atomic E-state index is 13.8. The molecule has 0 radical (unpaired) electrons. The lowest BCUT2D eigenvalue weighted by atomic mass is 10.1. The van der Waals surface area contributed by atoms with Crippen molar-refractivity contribution in [1.29, 1.82) is 0 Å². The number of anilines is 4. The molecule has 12 aromatic rings. The van der Waals surface area contributed by atoms with E-state index in [9.17, 15) is 42.5 Å². The largest absolute Gasteiger partial charge is 0.431 e. The fourth-order valence-corrected chi connectivity index (χ4v) is 19.6. The van der Waals surface area contributed by atoms with Gasteiger partial charge in [-0.3, -0.25) is 75.5 Å². The van der Waals surface area contributed by atoms with Crippen LogP contribution in [0.4, 0.5) is 23.8 Å². The highest BCUT2D eigenvalue weighted by molar-refractivity contribution is 7.54. The number of benzene rings is 4. The summed E-state index contributed by atoms with van der Waals surface area (Å²) in [5.74, 6) is 2.83. The monoisotopic (exact) mass is 2150 g/mol. The first kappa shape index (κ1) is 107. The molecule has 12 heterocycles. The van der Waals surface area contributed by atoms with E-state index < -0.39 is 65.6 Å². The van der Waals surface area contributed by atoms with Crippen LogP contribution >= 0.6 is 76.8 Å². The van der Waals surface area contributed by atoms with Crippen LogP contribution in [0.5, 0.6) is 0 Å². The molecule has 4 unspecified atom stereocenters. The van der Waals surface area contributed by atoms with E-state index >= 15 is 0 Å². The Hall–Kier alpha value is -12.6. The topological polar surface area (TPSA) is 631 Å². The van der Waals surface area contributed by atoms with E-state index in [4.69, 9.17) is 162 Å². The second-order valence-electron chi connectivity index (χ2n) is 31.2. The average Bonchev–Trinajstić information content (AvgIpc) is 1.66. The summed E-state index contributed by atoms with van der Waals surface area (Å²) < 4.78 is 171. The molecule has 766 valence electrons. The molecule has 1 fully saturated rings. The van der Waals surface area contributed by atoms with E-state index in [1.807, 2.05) is 0 Å². The van der Waals surface area contributed by atoms with Crippen LogP contribution in [-0.4, -0.2) is 168 Å². The molecule has 4 aromatic carbocycles. The predicted octanol–water partition coefficient (Wildman–Crippen LogP) is 13.8. The lowest BCUT2D eigenvalue weighted by Gasteiger charge is -2.19. The summed E-state index contributed by atoms with van der Waals surface area (Å²) in [4.78, 5) is 89.8. The number of allylic oxidation sites excluding steroid dienone is 2. The van der Waals surface area contributed by atoms with Crippen molar-refractivity contribution < 1.29 is 116 Å². The third-order valence-corrected chi connectivity index (χ3v) is 27.7. The number of rotatable bonds is 46. The number of nitrogens with zero attached hydrogens (tertiary/aromatic N) is 12. The van der Waals surface area contributed by atoms with Crippen LogP contribution in [0, 0.1) is 5.92 Å². The number of aromatic amines is 4. The van der Waals surface area contributed by atoms with Crippen molar-refractivity contribution >= 4 is 145 Å². The second-order valence-corrected chi connectivity index (χ2v) is 40.9.